The normalized spacial score (nSPS) is 20.0. The highest BCUT2D eigenvalue weighted by Gasteiger charge is 2.33. The van der Waals surface area contributed by atoms with Gasteiger partial charge in [0.15, 0.2) is 5.58 Å². The molecule has 0 spiro atoms. The molecule has 1 saturated carbocycles. The Morgan fingerprint density at radius 2 is 2.07 bits per heavy atom. The topological polar surface area (TPSA) is 73.3 Å². The average molecular weight is 380 g/mol. The van der Waals surface area contributed by atoms with Gasteiger partial charge < -0.3 is 13.9 Å². The third-order valence-corrected chi connectivity index (χ3v) is 6.23. The van der Waals surface area contributed by atoms with E-state index in [4.69, 9.17) is 4.42 Å². The van der Waals surface area contributed by atoms with E-state index in [1.165, 1.54) is 35.3 Å². The molecule has 5 rings (SSSR count). The van der Waals surface area contributed by atoms with Gasteiger partial charge in [-0.2, -0.15) is 0 Å². The number of aryl methyl sites for hydroxylation is 1. The second kappa shape index (κ2) is 6.65. The molecule has 3 heterocycles. The van der Waals surface area contributed by atoms with Crippen molar-refractivity contribution in [1.29, 1.82) is 0 Å². The molecule has 2 aliphatic rings. The van der Waals surface area contributed by atoms with Crippen LogP contribution in [0.5, 0.6) is 0 Å². The minimum Gasteiger partial charge on any atom is -0.408 e. The summed E-state index contributed by atoms with van der Waals surface area (Å²) in [5.41, 5.74) is 2.34. The second-order valence-electron chi connectivity index (χ2n) is 7.96. The zero-order chi connectivity index (χ0) is 19.3. The number of carbonyl (C=O) groups excluding carboxylic acids is 1. The Morgan fingerprint density at radius 1 is 1.25 bits per heavy atom. The molecule has 1 amide bonds. The summed E-state index contributed by atoms with van der Waals surface area (Å²) in [6.45, 7) is 3.48. The number of fused-ring (bicyclic) bond motifs is 1. The summed E-state index contributed by atoms with van der Waals surface area (Å²) < 4.78 is 9.01. The number of hydrogen-bond acceptors (Lipinski definition) is 4. The van der Waals surface area contributed by atoms with Crippen LogP contribution in [-0.2, 0) is 11.3 Å². The van der Waals surface area contributed by atoms with Crippen molar-refractivity contribution in [3.05, 3.63) is 52.5 Å². The Hall–Kier alpha value is -2.83. The molecule has 7 heteroatoms. The van der Waals surface area contributed by atoms with Gasteiger partial charge in [-0.05, 0) is 38.3 Å². The zero-order valence-electron chi connectivity index (χ0n) is 16.0. The van der Waals surface area contributed by atoms with Gasteiger partial charge in [-0.15, -0.1) is 0 Å². The minimum absolute atomic E-state index is 0.0148. The number of para-hydroxylation sites is 2. The largest absolute Gasteiger partial charge is 0.420 e. The van der Waals surface area contributed by atoms with E-state index in [2.05, 4.69) is 16.5 Å². The van der Waals surface area contributed by atoms with Gasteiger partial charge in [0.2, 0.25) is 5.91 Å². The van der Waals surface area contributed by atoms with Crippen molar-refractivity contribution in [2.45, 2.75) is 51.1 Å². The van der Waals surface area contributed by atoms with E-state index < -0.39 is 5.76 Å². The number of hydrogen-bond donors (Lipinski definition) is 0. The zero-order valence-corrected chi connectivity index (χ0v) is 16.0. The predicted octanol–water partition coefficient (Wildman–Crippen LogP) is 2.84. The molecule has 28 heavy (non-hydrogen) atoms. The van der Waals surface area contributed by atoms with Crippen LogP contribution in [0.1, 0.15) is 49.2 Å². The number of amides is 1. The smallest absolute Gasteiger partial charge is 0.408 e. The molecule has 2 fully saturated rings. The maximum Gasteiger partial charge on any atom is 0.420 e. The first-order valence-electron chi connectivity index (χ1n) is 10.0. The molecule has 146 valence electrons. The van der Waals surface area contributed by atoms with Crippen molar-refractivity contribution >= 4 is 17.0 Å². The Bertz CT molecular complexity index is 1090. The molecule has 1 atom stereocenters. The predicted molar refractivity (Wildman–Crippen MR) is 104 cm³/mol. The lowest BCUT2D eigenvalue weighted by Crippen LogP contribution is -2.34. The molecular formula is C21H24N4O3. The first-order valence-corrected chi connectivity index (χ1v) is 10.0. The van der Waals surface area contributed by atoms with E-state index in [0.717, 1.165) is 6.42 Å². The summed E-state index contributed by atoms with van der Waals surface area (Å²) in [6, 6.07) is 7.47. The highest BCUT2D eigenvalue weighted by molar-refractivity contribution is 5.79. The Balaban J connectivity index is 1.34. The van der Waals surface area contributed by atoms with Gasteiger partial charge >= 0.3 is 5.76 Å². The summed E-state index contributed by atoms with van der Waals surface area (Å²) in [5.74, 6) is 1.22. The molecule has 1 aliphatic heterocycles. The van der Waals surface area contributed by atoms with E-state index in [1.54, 1.807) is 12.1 Å². The van der Waals surface area contributed by atoms with Gasteiger partial charge in [0.05, 0.1) is 11.6 Å². The molecule has 3 aromatic rings. The number of oxazole rings is 1. The standard InChI is InChI=1S/C21H24N4O3/c1-14-11-22-20(15-5-4-6-15)25(14)16-9-10-23(12-16)19(26)13-24-17-7-2-3-8-18(17)28-21(24)27/h2-3,7-8,11,15-16H,4-6,9-10,12-13H2,1H3. The molecule has 7 nitrogen and oxygen atoms in total. The first-order chi connectivity index (χ1) is 13.6. The fourth-order valence-corrected chi connectivity index (χ4v) is 4.49. The number of likely N-dealkylation sites (tertiary alicyclic amines) is 1. The highest BCUT2D eigenvalue weighted by atomic mass is 16.4. The molecule has 0 radical (unpaired) electrons. The number of aromatic nitrogens is 3. The van der Waals surface area contributed by atoms with E-state index in [1.807, 2.05) is 23.2 Å². The van der Waals surface area contributed by atoms with Gasteiger partial charge in [0.1, 0.15) is 12.4 Å². The number of carbonyl (C=O) groups is 1. The quantitative estimate of drug-likeness (QED) is 0.698. The van der Waals surface area contributed by atoms with Crippen molar-refractivity contribution in [1.82, 2.24) is 19.0 Å². The monoisotopic (exact) mass is 380 g/mol. The van der Waals surface area contributed by atoms with Crippen molar-refractivity contribution < 1.29 is 9.21 Å². The molecule has 1 saturated heterocycles. The number of benzene rings is 1. The maximum absolute atomic E-state index is 12.9. The lowest BCUT2D eigenvalue weighted by atomic mass is 9.84. The third-order valence-electron chi connectivity index (χ3n) is 6.23. The Kier molecular flexibility index (Phi) is 4.10. The molecule has 0 N–H and O–H groups in total. The number of nitrogens with zero attached hydrogens (tertiary/aromatic N) is 4. The molecule has 0 bridgehead atoms. The lowest BCUT2D eigenvalue weighted by molar-refractivity contribution is -0.130. The Labute approximate surface area is 162 Å². The number of rotatable bonds is 4. The van der Waals surface area contributed by atoms with Crippen LogP contribution in [0.25, 0.3) is 11.1 Å². The fourth-order valence-electron chi connectivity index (χ4n) is 4.49. The van der Waals surface area contributed by atoms with E-state index in [-0.39, 0.29) is 18.5 Å². The summed E-state index contributed by atoms with van der Waals surface area (Å²) in [6.07, 6.45) is 6.57. The van der Waals surface area contributed by atoms with Crippen LogP contribution in [0.2, 0.25) is 0 Å². The lowest BCUT2D eigenvalue weighted by Gasteiger charge is -2.28. The maximum atomic E-state index is 12.9. The van der Waals surface area contributed by atoms with Gasteiger partial charge in [0.25, 0.3) is 0 Å². The van der Waals surface area contributed by atoms with Crippen LogP contribution < -0.4 is 5.76 Å². The second-order valence-corrected chi connectivity index (χ2v) is 7.96. The highest BCUT2D eigenvalue weighted by Crippen LogP contribution is 2.38. The van der Waals surface area contributed by atoms with Crippen LogP contribution in [-0.4, -0.2) is 38.0 Å². The van der Waals surface area contributed by atoms with Crippen LogP contribution in [0.15, 0.2) is 39.7 Å². The summed E-state index contributed by atoms with van der Waals surface area (Å²) in [7, 11) is 0. The van der Waals surface area contributed by atoms with Crippen LogP contribution in [0.4, 0.5) is 0 Å². The molecular weight excluding hydrogens is 356 g/mol. The first kappa shape index (κ1) is 17.3. The summed E-state index contributed by atoms with van der Waals surface area (Å²) in [5, 5.41) is 0. The molecule has 1 aliphatic carbocycles. The van der Waals surface area contributed by atoms with Crippen molar-refractivity contribution in [3.63, 3.8) is 0 Å². The van der Waals surface area contributed by atoms with Crippen LogP contribution in [0.3, 0.4) is 0 Å². The summed E-state index contributed by atoms with van der Waals surface area (Å²) in [4.78, 5) is 31.6. The van der Waals surface area contributed by atoms with Gasteiger partial charge in [0, 0.05) is 30.9 Å². The van der Waals surface area contributed by atoms with Gasteiger partial charge in [-0.3, -0.25) is 9.36 Å². The van der Waals surface area contributed by atoms with Crippen LogP contribution in [0, 0.1) is 6.92 Å². The van der Waals surface area contributed by atoms with Crippen molar-refractivity contribution in [2.75, 3.05) is 13.1 Å². The van der Waals surface area contributed by atoms with E-state index in [9.17, 15) is 9.59 Å². The molecule has 2 aromatic heterocycles. The van der Waals surface area contributed by atoms with Gasteiger partial charge in [-0.1, -0.05) is 18.6 Å². The minimum atomic E-state index is -0.483. The van der Waals surface area contributed by atoms with Crippen molar-refractivity contribution in [2.24, 2.45) is 0 Å². The molecule has 1 unspecified atom stereocenters. The summed E-state index contributed by atoms with van der Waals surface area (Å²) >= 11 is 0. The third kappa shape index (κ3) is 2.77. The van der Waals surface area contributed by atoms with E-state index in [0.29, 0.717) is 30.1 Å². The fraction of sp³-hybridized carbons (Fsp3) is 0.476. The van der Waals surface area contributed by atoms with E-state index >= 15 is 0 Å². The SMILES string of the molecule is Cc1cnc(C2CCC2)n1C1CCN(C(=O)Cn2c(=O)oc3ccccc32)C1. The van der Waals surface area contributed by atoms with Gasteiger partial charge in [-0.25, -0.2) is 9.78 Å². The number of imidazole rings is 1. The van der Waals surface area contributed by atoms with Crippen molar-refractivity contribution in [3.8, 4) is 0 Å². The Morgan fingerprint density at radius 3 is 2.86 bits per heavy atom. The molecule has 1 aromatic carbocycles. The average Bonchev–Trinajstić information content (AvgIpc) is 3.32. The van der Waals surface area contributed by atoms with Crippen LogP contribution >= 0.6 is 0 Å².